The van der Waals surface area contributed by atoms with Crippen molar-refractivity contribution in [3.05, 3.63) is 41.8 Å². The summed E-state index contributed by atoms with van der Waals surface area (Å²) in [6, 6.07) is 7.76. The van der Waals surface area contributed by atoms with Crippen LogP contribution < -0.4 is 4.90 Å². The Hall–Kier alpha value is -1.97. The topological polar surface area (TPSA) is 38.8 Å². The number of amides is 1. The van der Waals surface area contributed by atoms with Crippen molar-refractivity contribution in [1.29, 1.82) is 0 Å². The smallest absolute Gasteiger partial charge is 0.421 e. The maximum absolute atomic E-state index is 12.0. The monoisotopic (exact) mass is 247 g/mol. The summed E-state index contributed by atoms with van der Waals surface area (Å²) >= 11 is 0. The Morgan fingerprint density at radius 3 is 2.78 bits per heavy atom. The second-order valence-corrected chi connectivity index (χ2v) is 3.84. The molecule has 0 atom stereocenters. The Morgan fingerprint density at radius 1 is 1.28 bits per heavy atom. The van der Waals surface area contributed by atoms with E-state index < -0.39 is 6.09 Å². The van der Waals surface area contributed by atoms with Gasteiger partial charge < -0.3 is 9.47 Å². The summed E-state index contributed by atoms with van der Waals surface area (Å²) in [6.07, 6.45) is 2.27. The highest BCUT2D eigenvalue weighted by atomic mass is 16.6. The fourth-order valence-electron chi connectivity index (χ4n) is 1.96. The number of ether oxygens (including phenoxy) is 2. The molecule has 1 amide bonds. The van der Waals surface area contributed by atoms with Gasteiger partial charge in [0.2, 0.25) is 0 Å². The van der Waals surface area contributed by atoms with Crippen LogP contribution in [-0.4, -0.2) is 19.3 Å². The van der Waals surface area contributed by atoms with Gasteiger partial charge in [-0.15, -0.1) is 0 Å². The van der Waals surface area contributed by atoms with E-state index >= 15 is 0 Å². The largest absolute Gasteiger partial charge is 0.479 e. The fraction of sp³-hybridized carbons (Fsp3) is 0.357. The zero-order valence-corrected chi connectivity index (χ0v) is 10.7. The van der Waals surface area contributed by atoms with Gasteiger partial charge in [-0.05, 0) is 38.0 Å². The average Bonchev–Trinajstić information content (AvgIpc) is 2.39. The Bertz CT molecular complexity index is 468. The predicted molar refractivity (Wildman–Crippen MR) is 69.4 cm³/mol. The number of nitrogens with zero attached hydrogens (tertiary/aromatic N) is 1. The molecule has 0 fully saturated rings. The molecular weight excluding hydrogens is 230 g/mol. The molecular formula is C14H17NO3. The molecule has 0 N–H and O–H groups in total. The number of para-hydroxylation sites is 1. The van der Waals surface area contributed by atoms with Crippen LogP contribution in [0.25, 0.3) is 0 Å². The van der Waals surface area contributed by atoms with E-state index in [0.29, 0.717) is 19.1 Å². The zero-order valence-electron chi connectivity index (χ0n) is 10.7. The van der Waals surface area contributed by atoms with Crippen molar-refractivity contribution in [1.82, 2.24) is 0 Å². The second kappa shape index (κ2) is 5.58. The number of rotatable bonds is 3. The zero-order chi connectivity index (χ0) is 13.0. The highest BCUT2D eigenvalue weighted by Crippen LogP contribution is 2.30. The summed E-state index contributed by atoms with van der Waals surface area (Å²) in [6.45, 7) is 4.54. The molecule has 1 aromatic rings. The Labute approximate surface area is 107 Å². The van der Waals surface area contributed by atoms with Gasteiger partial charge in [0, 0.05) is 0 Å². The lowest BCUT2D eigenvalue weighted by molar-refractivity contribution is 0.150. The molecule has 4 heteroatoms. The first-order valence-electron chi connectivity index (χ1n) is 6.15. The average molecular weight is 247 g/mol. The quantitative estimate of drug-likeness (QED) is 0.823. The van der Waals surface area contributed by atoms with Gasteiger partial charge >= 0.3 is 6.09 Å². The molecule has 18 heavy (non-hydrogen) atoms. The lowest BCUT2D eigenvalue weighted by atomic mass is 10.1. The summed E-state index contributed by atoms with van der Waals surface area (Å²) in [7, 11) is 0. The van der Waals surface area contributed by atoms with Crippen molar-refractivity contribution in [2.75, 3.05) is 18.1 Å². The molecule has 0 radical (unpaired) electrons. The van der Waals surface area contributed by atoms with Crippen molar-refractivity contribution in [2.24, 2.45) is 0 Å². The number of carbonyl (C=O) groups is 1. The summed E-state index contributed by atoms with van der Waals surface area (Å²) in [5.41, 5.74) is 1.93. The number of anilines is 1. The second-order valence-electron chi connectivity index (χ2n) is 3.84. The van der Waals surface area contributed by atoms with Crippen LogP contribution in [0.3, 0.4) is 0 Å². The number of hydrogen-bond donors (Lipinski definition) is 0. The molecule has 0 saturated carbocycles. The Balaban J connectivity index is 2.36. The minimum atomic E-state index is -0.399. The van der Waals surface area contributed by atoms with Gasteiger partial charge in [0.1, 0.15) is 0 Å². The normalized spacial score (nSPS) is 13.7. The molecule has 0 saturated heterocycles. The van der Waals surface area contributed by atoms with Gasteiger partial charge in [-0.2, -0.15) is 0 Å². The molecule has 1 aromatic carbocycles. The molecule has 0 unspecified atom stereocenters. The Kier molecular flexibility index (Phi) is 3.87. The maximum atomic E-state index is 12.0. The molecule has 1 aliphatic rings. The first kappa shape index (κ1) is 12.5. The summed E-state index contributed by atoms with van der Waals surface area (Å²) < 4.78 is 10.6. The third-order valence-electron chi connectivity index (χ3n) is 2.69. The minimum Gasteiger partial charge on any atom is -0.479 e. The van der Waals surface area contributed by atoms with E-state index in [9.17, 15) is 4.79 Å². The lowest BCUT2D eigenvalue weighted by Gasteiger charge is -2.29. The van der Waals surface area contributed by atoms with Gasteiger partial charge in [-0.1, -0.05) is 18.2 Å². The van der Waals surface area contributed by atoms with Crippen molar-refractivity contribution < 1.29 is 14.3 Å². The number of allylic oxidation sites excluding steroid dienone is 1. The summed E-state index contributed by atoms with van der Waals surface area (Å²) in [4.78, 5) is 13.5. The van der Waals surface area contributed by atoms with E-state index in [-0.39, 0.29) is 0 Å². The van der Waals surface area contributed by atoms with Gasteiger partial charge in [-0.3, -0.25) is 0 Å². The molecule has 0 spiro atoms. The highest BCUT2D eigenvalue weighted by Gasteiger charge is 2.27. The molecule has 0 aromatic heterocycles. The molecule has 0 aliphatic carbocycles. The van der Waals surface area contributed by atoms with Crippen LogP contribution in [0.1, 0.15) is 19.4 Å². The van der Waals surface area contributed by atoms with Gasteiger partial charge in [0.05, 0.1) is 18.9 Å². The standard InChI is InChI=1S/C14H17NO3/c1-3-17-13-10-9-11-7-5-6-8-12(11)15(13)14(16)18-4-2/h5-8,10H,3-4,9H2,1-2H3. The summed E-state index contributed by atoms with van der Waals surface area (Å²) in [5.74, 6) is 0.551. The van der Waals surface area contributed by atoms with Gasteiger partial charge in [0.15, 0.2) is 5.88 Å². The molecule has 1 heterocycles. The van der Waals surface area contributed by atoms with Crippen LogP contribution in [0.2, 0.25) is 0 Å². The SMILES string of the molecule is CCOC(=O)N1C(OCC)=CCc2ccccc21. The van der Waals surface area contributed by atoms with E-state index in [1.165, 1.54) is 4.90 Å². The van der Waals surface area contributed by atoms with E-state index in [1.807, 2.05) is 37.3 Å². The van der Waals surface area contributed by atoms with Crippen molar-refractivity contribution in [3.8, 4) is 0 Å². The van der Waals surface area contributed by atoms with Crippen LogP contribution in [-0.2, 0) is 15.9 Å². The highest BCUT2D eigenvalue weighted by molar-refractivity contribution is 5.92. The van der Waals surface area contributed by atoms with E-state index in [4.69, 9.17) is 9.47 Å². The van der Waals surface area contributed by atoms with E-state index in [0.717, 1.165) is 17.7 Å². The van der Waals surface area contributed by atoms with Gasteiger partial charge in [0.25, 0.3) is 0 Å². The van der Waals surface area contributed by atoms with Crippen molar-refractivity contribution >= 4 is 11.8 Å². The molecule has 1 aliphatic heterocycles. The van der Waals surface area contributed by atoms with Crippen LogP contribution in [0.4, 0.5) is 10.5 Å². The van der Waals surface area contributed by atoms with Gasteiger partial charge in [-0.25, -0.2) is 9.69 Å². The number of fused-ring (bicyclic) bond motifs is 1. The first-order valence-corrected chi connectivity index (χ1v) is 6.15. The number of benzene rings is 1. The maximum Gasteiger partial charge on any atom is 0.421 e. The number of hydrogen-bond acceptors (Lipinski definition) is 3. The Morgan fingerprint density at radius 2 is 2.06 bits per heavy atom. The van der Waals surface area contributed by atoms with E-state index in [1.54, 1.807) is 6.92 Å². The fourth-order valence-corrected chi connectivity index (χ4v) is 1.96. The lowest BCUT2D eigenvalue weighted by Crippen LogP contribution is -2.34. The molecule has 96 valence electrons. The first-order chi connectivity index (χ1) is 8.77. The molecule has 2 rings (SSSR count). The minimum absolute atomic E-state index is 0.344. The number of carbonyl (C=O) groups excluding carboxylic acids is 1. The van der Waals surface area contributed by atoms with Crippen LogP contribution >= 0.6 is 0 Å². The van der Waals surface area contributed by atoms with Crippen LogP contribution in [0.15, 0.2) is 36.2 Å². The molecule has 0 bridgehead atoms. The summed E-state index contributed by atoms with van der Waals surface area (Å²) in [5, 5.41) is 0. The van der Waals surface area contributed by atoms with Crippen molar-refractivity contribution in [3.63, 3.8) is 0 Å². The van der Waals surface area contributed by atoms with Crippen molar-refractivity contribution in [2.45, 2.75) is 20.3 Å². The third-order valence-corrected chi connectivity index (χ3v) is 2.69. The molecule has 4 nitrogen and oxygen atoms in total. The predicted octanol–water partition coefficient (Wildman–Crippen LogP) is 3.08. The van der Waals surface area contributed by atoms with Crippen LogP contribution in [0.5, 0.6) is 0 Å². The van der Waals surface area contributed by atoms with Crippen LogP contribution in [0, 0.1) is 0 Å². The third kappa shape index (κ3) is 2.32. The van der Waals surface area contributed by atoms with E-state index in [2.05, 4.69) is 0 Å².